The molecule has 4 aromatic rings. The summed E-state index contributed by atoms with van der Waals surface area (Å²) in [5.74, 6) is -1.52. The fourth-order valence-electron chi connectivity index (χ4n) is 4.14. The van der Waals surface area contributed by atoms with E-state index in [1.54, 1.807) is 13.0 Å². The van der Waals surface area contributed by atoms with Gasteiger partial charge in [-0.15, -0.1) is 0 Å². The van der Waals surface area contributed by atoms with Crippen LogP contribution < -0.4 is 5.32 Å². The van der Waals surface area contributed by atoms with Gasteiger partial charge in [-0.1, -0.05) is 24.3 Å². The second-order valence-corrected chi connectivity index (χ2v) is 8.10. The van der Waals surface area contributed by atoms with E-state index >= 15 is 0 Å². The summed E-state index contributed by atoms with van der Waals surface area (Å²) >= 11 is 0. The van der Waals surface area contributed by atoms with Crippen molar-refractivity contribution in [3.63, 3.8) is 0 Å². The Morgan fingerprint density at radius 3 is 2.60 bits per heavy atom. The zero-order valence-electron chi connectivity index (χ0n) is 18.7. The van der Waals surface area contributed by atoms with E-state index in [9.17, 15) is 24.5 Å². The molecule has 0 spiro atoms. The van der Waals surface area contributed by atoms with E-state index in [2.05, 4.69) is 15.4 Å². The van der Waals surface area contributed by atoms with Gasteiger partial charge < -0.3 is 5.32 Å². The van der Waals surface area contributed by atoms with Crippen molar-refractivity contribution in [3.05, 3.63) is 87.1 Å². The number of fused-ring (bicyclic) bond motifs is 2. The zero-order valence-corrected chi connectivity index (χ0v) is 18.7. The number of rotatable bonds is 5. The van der Waals surface area contributed by atoms with Gasteiger partial charge in [-0.3, -0.25) is 29.4 Å². The van der Waals surface area contributed by atoms with Crippen LogP contribution in [-0.2, 0) is 4.79 Å². The fraction of sp³-hybridized carbons (Fsp3) is 0.125. The molecule has 5 rings (SSSR count). The Balaban J connectivity index is 1.42. The Bertz CT molecular complexity index is 1570. The Morgan fingerprint density at radius 1 is 1.06 bits per heavy atom. The summed E-state index contributed by atoms with van der Waals surface area (Å²) in [6, 6.07) is 14.9. The highest BCUT2D eigenvalue weighted by Gasteiger charge is 2.41. The van der Waals surface area contributed by atoms with Gasteiger partial charge in [-0.25, -0.2) is 4.98 Å². The van der Waals surface area contributed by atoms with E-state index in [0.717, 1.165) is 22.5 Å². The molecule has 1 N–H and O–H groups in total. The molecule has 35 heavy (non-hydrogen) atoms. The van der Waals surface area contributed by atoms with Gasteiger partial charge in [0.1, 0.15) is 17.9 Å². The number of hydrogen-bond donors (Lipinski definition) is 1. The summed E-state index contributed by atoms with van der Waals surface area (Å²) in [6.07, 6.45) is 0. The van der Waals surface area contributed by atoms with Crippen LogP contribution in [0.25, 0.3) is 16.7 Å². The minimum absolute atomic E-state index is 0.103. The van der Waals surface area contributed by atoms with Crippen LogP contribution in [0.15, 0.2) is 54.6 Å². The average molecular weight is 470 g/mol. The van der Waals surface area contributed by atoms with Gasteiger partial charge in [0.15, 0.2) is 5.82 Å². The van der Waals surface area contributed by atoms with Crippen molar-refractivity contribution in [2.24, 2.45) is 0 Å². The molecule has 0 fully saturated rings. The van der Waals surface area contributed by atoms with Crippen molar-refractivity contribution < 1.29 is 19.3 Å². The molecular weight excluding hydrogens is 452 g/mol. The molecule has 0 aliphatic carbocycles. The van der Waals surface area contributed by atoms with E-state index < -0.39 is 34.9 Å². The molecule has 2 aromatic carbocycles. The lowest BCUT2D eigenvalue weighted by Gasteiger charge is -2.14. The Labute approximate surface area is 198 Å². The van der Waals surface area contributed by atoms with E-state index in [1.807, 2.05) is 37.3 Å². The third kappa shape index (κ3) is 3.68. The lowest BCUT2D eigenvalue weighted by atomic mass is 10.1. The van der Waals surface area contributed by atoms with Crippen LogP contribution in [0, 0.1) is 24.0 Å². The smallest absolute Gasteiger partial charge is 0.282 e. The summed E-state index contributed by atoms with van der Waals surface area (Å²) < 4.78 is 1.47. The van der Waals surface area contributed by atoms with Crippen LogP contribution in [0.5, 0.6) is 0 Å². The number of nitro benzene ring substituents is 1. The molecule has 0 saturated carbocycles. The number of aromatic nitrogens is 3. The number of benzene rings is 2. The second kappa shape index (κ2) is 8.13. The molecule has 0 unspecified atom stereocenters. The molecule has 1 aliphatic rings. The Hall–Kier alpha value is -4.93. The first-order valence-electron chi connectivity index (χ1n) is 10.6. The fourth-order valence-corrected chi connectivity index (χ4v) is 4.14. The first kappa shape index (κ1) is 21.9. The number of imide groups is 1. The van der Waals surface area contributed by atoms with Crippen LogP contribution in [-0.4, -0.2) is 48.9 Å². The summed E-state index contributed by atoms with van der Waals surface area (Å²) in [6.45, 7) is 3.09. The van der Waals surface area contributed by atoms with Crippen LogP contribution in [0.3, 0.4) is 0 Å². The van der Waals surface area contributed by atoms with E-state index in [1.165, 1.54) is 16.8 Å². The quantitative estimate of drug-likeness (QED) is 0.268. The molecule has 1 aliphatic heterocycles. The molecule has 11 nitrogen and oxygen atoms in total. The molecule has 3 amide bonds. The number of nitrogens with one attached hydrogen (secondary N) is 1. The van der Waals surface area contributed by atoms with Crippen LogP contribution >= 0.6 is 0 Å². The van der Waals surface area contributed by atoms with Crippen molar-refractivity contribution >= 4 is 40.1 Å². The SMILES string of the molecule is Cc1cc(NC(=O)CN2C(=O)c3cccc([N+](=O)[O-])c3C2=O)n(-c2cc(C)c3ccccc3n2)n1. The second-order valence-electron chi connectivity index (χ2n) is 8.10. The molecule has 174 valence electrons. The van der Waals surface area contributed by atoms with Crippen LogP contribution in [0.1, 0.15) is 32.0 Å². The van der Waals surface area contributed by atoms with E-state index in [4.69, 9.17) is 0 Å². The number of pyridine rings is 1. The number of nitro groups is 1. The van der Waals surface area contributed by atoms with Gasteiger partial charge >= 0.3 is 0 Å². The van der Waals surface area contributed by atoms with E-state index in [-0.39, 0.29) is 11.1 Å². The molecule has 11 heteroatoms. The molecule has 2 aromatic heterocycles. The third-order valence-corrected chi connectivity index (χ3v) is 5.70. The summed E-state index contributed by atoms with van der Waals surface area (Å²) in [4.78, 5) is 54.2. The molecule has 3 heterocycles. The third-order valence-electron chi connectivity index (χ3n) is 5.70. The maximum absolute atomic E-state index is 12.8. The lowest BCUT2D eigenvalue weighted by molar-refractivity contribution is -0.385. The number of para-hydroxylation sites is 1. The minimum atomic E-state index is -0.885. The number of carbonyl (C=O) groups is 3. The normalized spacial score (nSPS) is 12.8. The van der Waals surface area contributed by atoms with E-state index in [0.29, 0.717) is 22.2 Å². The van der Waals surface area contributed by atoms with Crippen molar-refractivity contribution in [2.75, 3.05) is 11.9 Å². The number of nitrogens with zero attached hydrogens (tertiary/aromatic N) is 5. The molecule has 0 saturated heterocycles. The highest BCUT2D eigenvalue weighted by Crippen LogP contribution is 2.30. The van der Waals surface area contributed by atoms with Gasteiger partial charge in [0.05, 0.1) is 21.7 Å². The van der Waals surface area contributed by atoms with Crippen molar-refractivity contribution in [3.8, 4) is 5.82 Å². The lowest BCUT2D eigenvalue weighted by Crippen LogP contribution is -2.37. The number of anilines is 1. The maximum atomic E-state index is 12.8. The summed E-state index contributed by atoms with van der Waals surface area (Å²) in [5.41, 5.74) is 1.46. The highest BCUT2D eigenvalue weighted by atomic mass is 16.6. The van der Waals surface area contributed by atoms with Gasteiger partial charge in [-0.05, 0) is 37.6 Å². The van der Waals surface area contributed by atoms with Crippen molar-refractivity contribution in [1.82, 2.24) is 19.7 Å². The van der Waals surface area contributed by atoms with Gasteiger partial charge in [-0.2, -0.15) is 9.78 Å². The Kier molecular flexibility index (Phi) is 5.09. The Morgan fingerprint density at radius 2 is 1.83 bits per heavy atom. The average Bonchev–Trinajstić information content (AvgIpc) is 3.31. The van der Waals surface area contributed by atoms with Crippen molar-refractivity contribution in [1.29, 1.82) is 0 Å². The highest BCUT2D eigenvalue weighted by molar-refractivity contribution is 6.24. The number of aryl methyl sites for hydroxylation is 2. The predicted molar refractivity (Wildman–Crippen MR) is 125 cm³/mol. The van der Waals surface area contributed by atoms with Crippen LogP contribution in [0.4, 0.5) is 11.5 Å². The molecular formula is C24H18N6O5. The minimum Gasteiger partial charge on any atom is -0.309 e. The standard InChI is InChI=1S/C24H18N6O5/c1-13-10-19(25-17-8-4-3-6-15(13)17)29-20(11-14(2)27-29)26-21(31)12-28-23(32)16-7-5-9-18(30(34)35)22(16)24(28)33/h3-11H,12H2,1-2H3,(H,26,31). The van der Waals surface area contributed by atoms with Gasteiger partial charge in [0.2, 0.25) is 5.91 Å². The van der Waals surface area contributed by atoms with Crippen LogP contribution in [0.2, 0.25) is 0 Å². The first-order valence-corrected chi connectivity index (χ1v) is 10.6. The summed E-state index contributed by atoms with van der Waals surface area (Å²) in [5, 5.41) is 19.4. The van der Waals surface area contributed by atoms with Gasteiger partial charge in [0.25, 0.3) is 17.5 Å². The monoisotopic (exact) mass is 470 g/mol. The largest absolute Gasteiger partial charge is 0.309 e. The molecule has 0 bridgehead atoms. The molecule has 0 atom stereocenters. The number of hydrogen-bond acceptors (Lipinski definition) is 7. The molecule has 0 radical (unpaired) electrons. The van der Waals surface area contributed by atoms with Crippen molar-refractivity contribution in [2.45, 2.75) is 13.8 Å². The predicted octanol–water partition coefficient (Wildman–Crippen LogP) is 3.18. The number of amides is 3. The topological polar surface area (TPSA) is 140 Å². The zero-order chi connectivity index (χ0) is 24.9. The first-order chi connectivity index (χ1) is 16.7. The maximum Gasteiger partial charge on any atom is 0.282 e. The number of carbonyl (C=O) groups excluding carboxylic acids is 3. The summed E-state index contributed by atoms with van der Waals surface area (Å²) in [7, 11) is 0. The van der Waals surface area contributed by atoms with Gasteiger partial charge in [0, 0.05) is 17.5 Å².